The van der Waals surface area contributed by atoms with E-state index in [1.807, 2.05) is 6.07 Å². The van der Waals surface area contributed by atoms with Gasteiger partial charge in [-0.05, 0) is 38.0 Å². The molecule has 0 saturated carbocycles. The summed E-state index contributed by atoms with van der Waals surface area (Å²) in [4.78, 5) is 3.80. The van der Waals surface area contributed by atoms with Gasteiger partial charge in [-0.2, -0.15) is 0 Å². The minimum atomic E-state index is 0.357. The van der Waals surface area contributed by atoms with Crippen molar-refractivity contribution >= 4 is 22.7 Å². The fourth-order valence-electron chi connectivity index (χ4n) is 3.38. The number of benzene rings is 2. The van der Waals surface area contributed by atoms with E-state index in [1.165, 1.54) is 21.7 Å². The van der Waals surface area contributed by atoms with Crippen LogP contribution in [0.15, 0.2) is 54.6 Å². The average molecular weight is 335 g/mol. The third-order valence-corrected chi connectivity index (χ3v) is 5.59. The highest BCUT2D eigenvalue weighted by atomic mass is 32.1. The van der Waals surface area contributed by atoms with Gasteiger partial charge in [0.05, 0.1) is 5.69 Å². The first-order valence-corrected chi connectivity index (χ1v) is 9.29. The molecule has 1 aliphatic rings. The number of nitrogens with zero attached hydrogens (tertiary/aromatic N) is 1. The van der Waals surface area contributed by atoms with Crippen LogP contribution >= 0.6 is 11.3 Å². The fraction of sp³-hybridized carbons (Fsp3) is 0.238. The Morgan fingerprint density at radius 3 is 2.42 bits per heavy atom. The van der Waals surface area contributed by atoms with E-state index in [0.29, 0.717) is 6.04 Å². The predicted octanol–water partition coefficient (Wildman–Crippen LogP) is 6.63. The van der Waals surface area contributed by atoms with Crippen molar-refractivity contribution in [3.8, 4) is 21.9 Å². The van der Waals surface area contributed by atoms with E-state index in [9.17, 15) is 0 Å². The summed E-state index contributed by atoms with van der Waals surface area (Å²) < 4.78 is 6.28. The predicted molar refractivity (Wildman–Crippen MR) is 103 cm³/mol. The van der Waals surface area contributed by atoms with Gasteiger partial charge in [0.2, 0.25) is 5.06 Å². The summed E-state index contributed by atoms with van der Waals surface area (Å²) in [7, 11) is 0. The van der Waals surface area contributed by atoms with Gasteiger partial charge in [-0.1, -0.05) is 49.4 Å². The number of fused-ring (bicyclic) bond motifs is 2. The highest BCUT2D eigenvalue weighted by Gasteiger charge is 2.32. The topological polar surface area (TPSA) is 12.5 Å². The van der Waals surface area contributed by atoms with Gasteiger partial charge in [0, 0.05) is 16.5 Å². The van der Waals surface area contributed by atoms with E-state index < -0.39 is 0 Å². The summed E-state index contributed by atoms with van der Waals surface area (Å²) in [6.45, 7) is 6.70. The van der Waals surface area contributed by atoms with Crippen molar-refractivity contribution in [1.29, 1.82) is 0 Å². The van der Waals surface area contributed by atoms with Crippen LogP contribution in [0, 0.1) is 0 Å². The Hall–Kier alpha value is -2.26. The molecule has 0 atom stereocenters. The zero-order valence-electron chi connectivity index (χ0n) is 14.2. The maximum atomic E-state index is 6.28. The third-order valence-electron chi connectivity index (χ3n) is 4.39. The van der Waals surface area contributed by atoms with Crippen molar-refractivity contribution in [1.82, 2.24) is 0 Å². The SMILES string of the molecule is CCc1sc2c(c1-c1ccccc1)N(C(C)C)c1ccccc1O2. The van der Waals surface area contributed by atoms with Gasteiger partial charge in [-0.25, -0.2) is 0 Å². The molecule has 0 unspecified atom stereocenters. The first-order valence-electron chi connectivity index (χ1n) is 8.48. The molecule has 0 N–H and O–H groups in total. The highest BCUT2D eigenvalue weighted by Crippen LogP contribution is 2.57. The quantitative estimate of drug-likeness (QED) is 0.532. The average Bonchev–Trinajstić information content (AvgIpc) is 2.97. The summed E-state index contributed by atoms with van der Waals surface area (Å²) in [5, 5.41) is 1.01. The van der Waals surface area contributed by atoms with Gasteiger partial charge in [0.1, 0.15) is 5.69 Å². The Bertz CT molecular complexity index is 867. The lowest BCUT2D eigenvalue weighted by Gasteiger charge is -2.35. The van der Waals surface area contributed by atoms with E-state index >= 15 is 0 Å². The zero-order chi connectivity index (χ0) is 16.7. The van der Waals surface area contributed by atoms with Gasteiger partial charge in [0.25, 0.3) is 0 Å². The maximum Gasteiger partial charge on any atom is 0.205 e. The lowest BCUT2D eigenvalue weighted by Crippen LogP contribution is -2.28. The second-order valence-corrected chi connectivity index (χ2v) is 7.36. The molecule has 1 aliphatic heterocycles. The summed E-state index contributed by atoms with van der Waals surface area (Å²) in [6.07, 6.45) is 1.01. The van der Waals surface area contributed by atoms with E-state index in [0.717, 1.165) is 22.9 Å². The Balaban J connectivity index is 1.99. The first-order chi connectivity index (χ1) is 11.7. The number of para-hydroxylation sites is 2. The van der Waals surface area contributed by atoms with E-state index in [2.05, 4.69) is 74.2 Å². The van der Waals surface area contributed by atoms with Crippen LogP contribution in [0.3, 0.4) is 0 Å². The number of hydrogen-bond acceptors (Lipinski definition) is 3. The molecule has 24 heavy (non-hydrogen) atoms. The lowest BCUT2D eigenvalue weighted by molar-refractivity contribution is 0.483. The summed E-state index contributed by atoms with van der Waals surface area (Å²) in [5.74, 6) is 0.946. The molecule has 0 aliphatic carbocycles. The third kappa shape index (κ3) is 2.31. The van der Waals surface area contributed by atoms with Gasteiger partial charge in [-0.15, -0.1) is 11.3 Å². The molecule has 0 fully saturated rings. The molecule has 3 heteroatoms. The second-order valence-electron chi connectivity index (χ2n) is 6.29. The molecule has 2 nitrogen and oxygen atoms in total. The minimum absolute atomic E-state index is 0.357. The van der Waals surface area contributed by atoms with Crippen LogP contribution < -0.4 is 9.64 Å². The monoisotopic (exact) mass is 335 g/mol. The molecule has 1 aromatic heterocycles. The second kappa shape index (κ2) is 5.99. The van der Waals surface area contributed by atoms with Crippen molar-refractivity contribution in [2.45, 2.75) is 33.2 Å². The molecule has 2 heterocycles. The molecule has 0 bridgehead atoms. The summed E-state index contributed by atoms with van der Waals surface area (Å²) in [5.41, 5.74) is 4.95. The number of aryl methyl sites for hydroxylation is 1. The van der Waals surface area contributed by atoms with Gasteiger partial charge in [0.15, 0.2) is 5.75 Å². The molecule has 0 spiro atoms. The van der Waals surface area contributed by atoms with Crippen LogP contribution in [0.4, 0.5) is 11.4 Å². The van der Waals surface area contributed by atoms with Crippen LogP contribution in [0.5, 0.6) is 10.8 Å². The standard InChI is InChI=1S/C21H21NOS/c1-4-18-19(15-10-6-5-7-11-15)20-21(24-18)23-17-13-9-8-12-16(17)22(20)14(2)3/h5-14H,4H2,1-3H3. The Morgan fingerprint density at radius 1 is 1.00 bits per heavy atom. The number of ether oxygens (including phenoxy) is 1. The first kappa shape index (κ1) is 15.3. The van der Waals surface area contributed by atoms with Crippen molar-refractivity contribution < 1.29 is 4.74 Å². The number of anilines is 2. The Kier molecular flexibility index (Phi) is 3.81. The Labute approximate surface area is 147 Å². The molecule has 3 aromatic rings. The van der Waals surface area contributed by atoms with E-state index in [1.54, 1.807) is 11.3 Å². The maximum absolute atomic E-state index is 6.28. The van der Waals surface area contributed by atoms with E-state index in [4.69, 9.17) is 4.74 Å². The zero-order valence-corrected chi connectivity index (χ0v) is 15.1. The summed E-state index contributed by atoms with van der Waals surface area (Å²) >= 11 is 1.78. The van der Waals surface area contributed by atoms with Gasteiger partial charge >= 0.3 is 0 Å². The van der Waals surface area contributed by atoms with Crippen molar-refractivity contribution in [2.24, 2.45) is 0 Å². The largest absolute Gasteiger partial charge is 0.442 e. The smallest absolute Gasteiger partial charge is 0.205 e. The molecule has 0 amide bonds. The molecular weight excluding hydrogens is 314 g/mol. The Morgan fingerprint density at radius 2 is 1.71 bits per heavy atom. The van der Waals surface area contributed by atoms with Crippen LogP contribution in [0.25, 0.3) is 11.1 Å². The highest BCUT2D eigenvalue weighted by molar-refractivity contribution is 7.15. The lowest BCUT2D eigenvalue weighted by atomic mass is 10.0. The minimum Gasteiger partial charge on any atom is -0.442 e. The van der Waals surface area contributed by atoms with E-state index in [-0.39, 0.29) is 0 Å². The van der Waals surface area contributed by atoms with Crippen LogP contribution in [0.2, 0.25) is 0 Å². The van der Waals surface area contributed by atoms with Crippen LogP contribution in [-0.2, 0) is 6.42 Å². The summed E-state index contributed by atoms with van der Waals surface area (Å²) in [6, 6.07) is 19.4. The van der Waals surface area contributed by atoms with Gasteiger partial charge in [-0.3, -0.25) is 0 Å². The van der Waals surface area contributed by atoms with Crippen LogP contribution in [0.1, 0.15) is 25.6 Å². The van der Waals surface area contributed by atoms with Crippen molar-refractivity contribution in [2.75, 3.05) is 4.90 Å². The van der Waals surface area contributed by atoms with Gasteiger partial charge < -0.3 is 9.64 Å². The number of rotatable bonds is 3. The molecule has 0 saturated heterocycles. The molecule has 4 rings (SSSR count). The molecule has 122 valence electrons. The molecule has 2 aromatic carbocycles. The number of hydrogen-bond donors (Lipinski definition) is 0. The normalized spacial score (nSPS) is 12.8. The number of thiophene rings is 1. The molecular formula is C21H21NOS. The van der Waals surface area contributed by atoms with Crippen LogP contribution in [-0.4, -0.2) is 6.04 Å². The molecule has 0 radical (unpaired) electrons. The van der Waals surface area contributed by atoms with Crippen molar-refractivity contribution in [3.05, 3.63) is 59.5 Å². The van der Waals surface area contributed by atoms with Crippen molar-refractivity contribution in [3.63, 3.8) is 0 Å². The fourth-order valence-corrected chi connectivity index (χ4v) is 4.50.